The summed E-state index contributed by atoms with van der Waals surface area (Å²) in [5.41, 5.74) is 2.47. The Kier molecular flexibility index (Phi) is 4.08. The average Bonchev–Trinajstić information content (AvgIpc) is 2.89. The monoisotopic (exact) mass is 338 g/mol. The molecule has 0 N–H and O–H groups in total. The molecule has 23 heavy (non-hydrogen) atoms. The molecule has 2 aliphatic carbocycles. The minimum Gasteiger partial charge on any atom is -0.461 e. The molecule has 0 saturated carbocycles. The number of hydrogen-bond acceptors (Lipinski definition) is 5. The maximum absolute atomic E-state index is 12.3. The van der Waals surface area contributed by atoms with Gasteiger partial charge in [-0.1, -0.05) is 18.1 Å². The van der Waals surface area contributed by atoms with Crippen LogP contribution in [0.3, 0.4) is 0 Å². The summed E-state index contributed by atoms with van der Waals surface area (Å²) in [7, 11) is 0. The molecular formula is C17H19ClO5. The molecule has 1 heterocycles. The van der Waals surface area contributed by atoms with Gasteiger partial charge >= 0.3 is 11.9 Å². The highest BCUT2D eigenvalue weighted by Gasteiger charge is 2.55. The van der Waals surface area contributed by atoms with Gasteiger partial charge in [-0.25, -0.2) is 0 Å². The normalized spacial score (nSPS) is 36.2. The van der Waals surface area contributed by atoms with Crippen molar-refractivity contribution >= 4 is 29.3 Å². The van der Waals surface area contributed by atoms with Crippen molar-refractivity contribution in [2.45, 2.75) is 39.4 Å². The number of esters is 2. The van der Waals surface area contributed by atoms with Crippen LogP contribution in [0.25, 0.3) is 0 Å². The van der Waals surface area contributed by atoms with Crippen LogP contribution in [-0.4, -0.2) is 35.8 Å². The fraction of sp³-hybridized carbons (Fsp3) is 0.588. The third-order valence-electron chi connectivity index (χ3n) is 5.12. The number of allylic oxidation sites excluding steroid dienone is 1. The van der Waals surface area contributed by atoms with E-state index < -0.39 is 18.2 Å². The molecular weight excluding hydrogens is 320 g/mol. The van der Waals surface area contributed by atoms with E-state index in [1.54, 1.807) is 13.0 Å². The van der Waals surface area contributed by atoms with E-state index in [9.17, 15) is 14.4 Å². The van der Waals surface area contributed by atoms with Crippen LogP contribution < -0.4 is 0 Å². The topological polar surface area (TPSA) is 69.7 Å². The maximum atomic E-state index is 12.3. The third-order valence-corrected chi connectivity index (χ3v) is 5.34. The lowest BCUT2D eigenvalue weighted by molar-refractivity contribution is -0.150. The molecule has 0 spiro atoms. The molecule has 0 radical (unpaired) electrons. The Balaban J connectivity index is 2.05. The minimum atomic E-state index is -0.523. The number of rotatable bonds is 2. The Hall–Kier alpha value is -1.62. The summed E-state index contributed by atoms with van der Waals surface area (Å²) < 4.78 is 11.1. The van der Waals surface area contributed by atoms with Crippen molar-refractivity contribution in [2.24, 2.45) is 17.8 Å². The van der Waals surface area contributed by atoms with Crippen molar-refractivity contribution in [3.8, 4) is 0 Å². The molecule has 1 aliphatic heterocycles. The fourth-order valence-electron chi connectivity index (χ4n) is 4.11. The highest BCUT2D eigenvalue weighted by Crippen LogP contribution is 2.48. The van der Waals surface area contributed by atoms with Crippen molar-refractivity contribution < 1.29 is 23.9 Å². The van der Waals surface area contributed by atoms with E-state index in [0.717, 1.165) is 11.1 Å². The standard InChI is InChI=1S/C17H19ClO5/c1-7-4-10(19)13-8(2)5-11(22-12(20)6-18)15-9(3)17(21)23-16(15)14(7)13/h4,9,11,14-16H,5-6H2,1-3H3/t9-,11-,14-,15+,16+/m0/s1. The van der Waals surface area contributed by atoms with Crippen LogP contribution >= 0.6 is 11.6 Å². The molecule has 0 aromatic heterocycles. The van der Waals surface area contributed by atoms with E-state index >= 15 is 0 Å². The quantitative estimate of drug-likeness (QED) is 0.570. The second kappa shape index (κ2) is 5.78. The van der Waals surface area contributed by atoms with Crippen molar-refractivity contribution in [3.05, 3.63) is 22.8 Å². The number of fused-ring (bicyclic) bond motifs is 3. The number of halogens is 1. The van der Waals surface area contributed by atoms with E-state index in [4.69, 9.17) is 21.1 Å². The van der Waals surface area contributed by atoms with Crippen LogP contribution in [0.5, 0.6) is 0 Å². The van der Waals surface area contributed by atoms with Gasteiger partial charge in [0.1, 0.15) is 18.1 Å². The van der Waals surface area contributed by atoms with Gasteiger partial charge in [0.2, 0.25) is 0 Å². The molecule has 0 unspecified atom stereocenters. The molecule has 0 aromatic carbocycles. The first-order chi connectivity index (χ1) is 10.8. The first-order valence-corrected chi connectivity index (χ1v) is 8.26. The Morgan fingerprint density at radius 2 is 2.09 bits per heavy atom. The number of alkyl halides is 1. The molecule has 3 rings (SSSR count). The first-order valence-electron chi connectivity index (χ1n) is 7.73. The average molecular weight is 339 g/mol. The predicted octanol–water partition coefficient (Wildman–Crippen LogP) is 2.18. The molecule has 3 aliphatic rings. The lowest BCUT2D eigenvalue weighted by Gasteiger charge is -2.29. The lowest BCUT2D eigenvalue weighted by Crippen LogP contribution is -2.38. The maximum Gasteiger partial charge on any atom is 0.321 e. The summed E-state index contributed by atoms with van der Waals surface area (Å²) in [6.07, 6.45) is 1.05. The Morgan fingerprint density at radius 1 is 1.39 bits per heavy atom. The van der Waals surface area contributed by atoms with E-state index in [-0.39, 0.29) is 35.4 Å². The minimum absolute atomic E-state index is 0.0383. The van der Waals surface area contributed by atoms with Crippen molar-refractivity contribution in [1.82, 2.24) is 0 Å². The SMILES string of the molecule is CC1=CC(=O)C2=C(C)C[C@H](OC(=O)CCl)[C@@H]3[C@H](OC(=O)[C@H]3C)[C@@H]12. The van der Waals surface area contributed by atoms with Crippen molar-refractivity contribution in [1.29, 1.82) is 0 Å². The van der Waals surface area contributed by atoms with Gasteiger partial charge in [-0.15, -0.1) is 11.6 Å². The molecule has 124 valence electrons. The zero-order valence-electron chi connectivity index (χ0n) is 13.3. The summed E-state index contributed by atoms with van der Waals surface area (Å²) in [6, 6.07) is 0. The first kappa shape index (κ1) is 16.2. The van der Waals surface area contributed by atoms with Crippen LogP contribution in [0.15, 0.2) is 22.8 Å². The number of carbonyl (C=O) groups is 3. The summed E-state index contributed by atoms with van der Waals surface area (Å²) >= 11 is 5.55. The summed E-state index contributed by atoms with van der Waals surface area (Å²) in [4.78, 5) is 36.1. The molecule has 1 fully saturated rings. The van der Waals surface area contributed by atoms with Crippen LogP contribution in [-0.2, 0) is 23.9 Å². The highest BCUT2D eigenvalue weighted by atomic mass is 35.5. The largest absolute Gasteiger partial charge is 0.461 e. The van der Waals surface area contributed by atoms with Gasteiger partial charge in [-0.2, -0.15) is 0 Å². The third kappa shape index (κ3) is 2.51. The molecule has 0 amide bonds. The van der Waals surface area contributed by atoms with Gasteiger partial charge < -0.3 is 9.47 Å². The van der Waals surface area contributed by atoms with Gasteiger partial charge in [0, 0.05) is 23.8 Å². The zero-order chi connectivity index (χ0) is 16.9. The van der Waals surface area contributed by atoms with Crippen LogP contribution in [0, 0.1) is 17.8 Å². The van der Waals surface area contributed by atoms with E-state index in [1.165, 1.54) is 0 Å². The Bertz CT molecular complexity index is 647. The van der Waals surface area contributed by atoms with Crippen LogP contribution in [0.2, 0.25) is 0 Å². The summed E-state index contributed by atoms with van der Waals surface area (Å²) in [6.45, 7) is 5.54. The molecule has 5 nitrogen and oxygen atoms in total. The zero-order valence-corrected chi connectivity index (χ0v) is 14.1. The second-order valence-corrected chi connectivity index (χ2v) is 6.83. The molecule has 5 atom stereocenters. The van der Waals surface area contributed by atoms with Crippen molar-refractivity contribution in [2.75, 3.05) is 5.88 Å². The fourth-order valence-corrected chi connectivity index (χ4v) is 4.17. The number of hydrogen-bond donors (Lipinski definition) is 0. The predicted molar refractivity (Wildman–Crippen MR) is 82.7 cm³/mol. The van der Waals surface area contributed by atoms with Gasteiger partial charge in [-0.05, 0) is 19.9 Å². The molecule has 6 heteroatoms. The van der Waals surface area contributed by atoms with Gasteiger partial charge in [0.25, 0.3) is 0 Å². The highest BCUT2D eigenvalue weighted by molar-refractivity contribution is 6.26. The number of carbonyl (C=O) groups excluding carboxylic acids is 3. The van der Waals surface area contributed by atoms with E-state index in [0.29, 0.717) is 12.0 Å². The van der Waals surface area contributed by atoms with E-state index in [2.05, 4.69) is 0 Å². The molecule has 0 bridgehead atoms. The number of ether oxygens (including phenoxy) is 2. The summed E-state index contributed by atoms with van der Waals surface area (Å²) in [5.74, 6) is -2.01. The van der Waals surface area contributed by atoms with Crippen LogP contribution in [0.4, 0.5) is 0 Å². The molecule has 0 aromatic rings. The van der Waals surface area contributed by atoms with Gasteiger partial charge in [0.15, 0.2) is 5.78 Å². The Labute approximate surface area is 139 Å². The molecule has 1 saturated heterocycles. The van der Waals surface area contributed by atoms with E-state index in [1.807, 2.05) is 13.8 Å². The summed E-state index contributed by atoms with van der Waals surface area (Å²) in [5, 5.41) is 0. The second-order valence-electron chi connectivity index (χ2n) is 6.56. The number of ketones is 1. The van der Waals surface area contributed by atoms with Crippen molar-refractivity contribution in [3.63, 3.8) is 0 Å². The van der Waals surface area contributed by atoms with Gasteiger partial charge in [-0.3, -0.25) is 14.4 Å². The van der Waals surface area contributed by atoms with Crippen LogP contribution in [0.1, 0.15) is 27.2 Å². The smallest absolute Gasteiger partial charge is 0.321 e. The lowest BCUT2D eigenvalue weighted by atomic mass is 9.79. The van der Waals surface area contributed by atoms with Gasteiger partial charge in [0.05, 0.1) is 5.92 Å². The Morgan fingerprint density at radius 3 is 2.74 bits per heavy atom.